The third-order valence-corrected chi connectivity index (χ3v) is 5.45. The zero-order valence-electron chi connectivity index (χ0n) is 16.5. The van der Waals surface area contributed by atoms with Crippen molar-refractivity contribution in [2.45, 2.75) is 71.4 Å². The molecule has 0 spiro atoms. The minimum atomic E-state index is 0.216. The molecule has 0 saturated heterocycles. The van der Waals surface area contributed by atoms with Crippen LogP contribution in [0.25, 0.3) is 0 Å². The molecular weight excluding hydrogens is 360 g/mol. The van der Waals surface area contributed by atoms with Gasteiger partial charge in [0, 0.05) is 49.3 Å². The van der Waals surface area contributed by atoms with Gasteiger partial charge in [-0.2, -0.15) is 0 Å². The van der Waals surface area contributed by atoms with Crippen LogP contribution in [-0.2, 0) is 24.1 Å². The van der Waals surface area contributed by atoms with Crippen molar-refractivity contribution in [3.8, 4) is 0 Å². The van der Waals surface area contributed by atoms with Crippen LogP contribution in [-0.4, -0.2) is 33.1 Å². The highest BCUT2D eigenvalue weighted by atomic mass is 35.5. The highest BCUT2D eigenvalue weighted by Gasteiger charge is 2.29. The van der Waals surface area contributed by atoms with Crippen molar-refractivity contribution in [1.82, 2.24) is 20.1 Å². The maximum Gasteiger partial charge on any atom is 0.137 e. The number of halogens is 1. The number of hydrogen-bond donors (Lipinski definition) is 1. The summed E-state index contributed by atoms with van der Waals surface area (Å²) in [4.78, 5) is 12.5. The van der Waals surface area contributed by atoms with E-state index in [1.54, 1.807) is 0 Å². The lowest BCUT2D eigenvalue weighted by atomic mass is 10.0. The Kier molecular flexibility index (Phi) is 6.66. The monoisotopic (exact) mass is 388 g/mol. The summed E-state index contributed by atoms with van der Waals surface area (Å²) < 4.78 is 2.28. The number of nitrogens with zero attached hydrogens (tertiary/aromatic N) is 3. The Morgan fingerprint density at radius 1 is 1.26 bits per heavy atom. The topological polar surface area (TPSA) is 59.8 Å². The summed E-state index contributed by atoms with van der Waals surface area (Å²) >= 11 is 6.16. The lowest BCUT2D eigenvalue weighted by Gasteiger charge is -2.11. The van der Waals surface area contributed by atoms with Crippen LogP contribution in [0.4, 0.5) is 0 Å². The van der Waals surface area contributed by atoms with Gasteiger partial charge in [-0.1, -0.05) is 37.6 Å². The Balaban J connectivity index is 1.59. The van der Waals surface area contributed by atoms with E-state index in [1.165, 1.54) is 12.8 Å². The van der Waals surface area contributed by atoms with Crippen LogP contribution in [0.1, 0.15) is 61.9 Å². The van der Waals surface area contributed by atoms with Crippen LogP contribution >= 0.6 is 11.6 Å². The molecular formula is C21H29ClN4O. The first-order valence-corrected chi connectivity index (χ1v) is 10.2. The van der Waals surface area contributed by atoms with E-state index in [0.29, 0.717) is 36.4 Å². The van der Waals surface area contributed by atoms with Crippen molar-refractivity contribution in [2.75, 3.05) is 6.54 Å². The number of rotatable bonds is 10. The number of benzene rings is 1. The van der Waals surface area contributed by atoms with Crippen molar-refractivity contribution < 1.29 is 4.79 Å². The van der Waals surface area contributed by atoms with Gasteiger partial charge in [0.15, 0.2) is 0 Å². The van der Waals surface area contributed by atoms with Crippen LogP contribution in [0.5, 0.6) is 0 Å². The van der Waals surface area contributed by atoms with Gasteiger partial charge in [0.2, 0.25) is 0 Å². The van der Waals surface area contributed by atoms with Crippen LogP contribution in [0.15, 0.2) is 18.2 Å². The molecule has 0 aliphatic heterocycles. The zero-order chi connectivity index (χ0) is 19.4. The van der Waals surface area contributed by atoms with E-state index in [4.69, 9.17) is 11.6 Å². The SMILES string of the molecule is Cc1c(Cl)cccc1CC(=O)CCc1nnc(CCNC(C)C)n1C1CC1. The molecule has 1 fully saturated rings. The molecule has 1 aromatic carbocycles. The highest BCUT2D eigenvalue weighted by molar-refractivity contribution is 6.31. The van der Waals surface area contributed by atoms with Gasteiger partial charge in [0.05, 0.1) is 0 Å². The molecule has 146 valence electrons. The van der Waals surface area contributed by atoms with Crippen molar-refractivity contribution >= 4 is 17.4 Å². The van der Waals surface area contributed by atoms with Crippen molar-refractivity contribution in [1.29, 1.82) is 0 Å². The van der Waals surface area contributed by atoms with Crippen molar-refractivity contribution in [3.63, 3.8) is 0 Å². The van der Waals surface area contributed by atoms with Gasteiger partial charge in [-0.15, -0.1) is 10.2 Å². The minimum Gasteiger partial charge on any atom is -0.314 e. The number of carbonyl (C=O) groups is 1. The lowest BCUT2D eigenvalue weighted by molar-refractivity contribution is -0.118. The quantitative estimate of drug-likeness (QED) is 0.671. The predicted octanol–water partition coefficient (Wildman–Crippen LogP) is 3.86. The van der Waals surface area contributed by atoms with Crippen molar-refractivity contribution in [3.05, 3.63) is 46.0 Å². The molecule has 0 bridgehead atoms. The third-order valence-electron chi connectivity index (χ3n) is 5.05. The first kappa shape index (κ1) is 20.0. The molecule has 1 aliphatic carbocycles. The van der Waals surface area contributed by atoms with E-state index in [9.17, 15) is 4.79 Å². The summed E-state index contributed by atoms with van der Waals surface area (Å²) in [6.45, 7) is 7.15. The Morgan fingerprint density at radius 2 is 1.96 bits per heavy atom. The minimum absolute atomic E-state index is 0.216. The molecule has 1 heterocycles. The summed E-state index contributed by atoms with van der Waals surface area (Å²) in [6, 6.07) is 6.73. The van der Waals surface area contributed by atoms with E-state index in [0.717, 1.165) is 35.7 Å². The van der Waals surface area contributed by atoms with Crippen LogP contribution in [0.2, 0.25) is 5.02 Å². The molecule has 2 aromatic rings. The summed E-state index contributed by atoms with van der Waals surface area (Å²) in [5.74, 6) is 2.21. The summed E-state index contributed by atoms with van der Waals surface area (Å²) in [7, 11) is 0. The van der Waals surface area contributed by atoms with Gasteiger partial charge in [-0.05, 0) is 37.0 Å². The van der Waals surface area contributed by atoms with Gasteiger partial charge in [0.25, 0.3) is 0 Å². The molecule has 1 N–H and O–H groups in total. The molecule has 3 rings (SSSR count). The van der Waals surface area contributed by atoms with Crippen LogP contribution < -0.4 is 5.32 Å². The van der Waals surface area contributed by atoms with E-state index in [1.807, 2.05) is 25.1 Å². The molecule has 1 saturated carbocycles. The first-order valence-electron chi connectivity index (χ1n) is 9.87. The van der Waals surface area contributed by atoms with Gasteiger partial charge >= 0.3 is 0 Å². The second kappa shape index (κ2) is 8.98. The number of aromatic nitrogens is 3. The van der Waals surface area contributed by atoms with Crippen LogP contribution in [0, 0.1) is 6.92 Å². The molecule has 27 heavy (non-hydrogen) atoms. The number of nitrogens with one attached hydrogen (secondary N) is 1. The third kappa shape index (κ3) is 5.39. The van der Waals surface area contributed by atoms with Gasteiger partial charge in [-0.3, -0.25) is 4.79 Å². The maximum atomic E-state index is 12.5. The summed E-state index contributed by atoms with van der Waals surface area (Å²) in [5, 5.41) is 13.0. The molecule has 0 atom stereocenters. The average molecular weight is 389 g/mol. The average Bonchev–Trinajstić information content (AvgIpc) is 3.38. The largest absolute Gasteiger partial charge is 0.314 e. The molecule has 0 unspecified atom stereocenters. The predicted molar refractivity (Wildman–Crippen MR) is 108 cm³/mol. The maximum absolute atomic E-state index is 12.5. The number of Topliss-reactive ketones (excluding diaryl/α,β-unsaturated/α-hetero) is 1. The highest BCUT2D eigenvalue weighted by Crippen LogP contribution is 2.37. The number of ketones is 1. The van der Waals surface area contributed by atoms with Gasteiger partial charge in [0.1, 0.15) is 17.4 Å². The smallest absolute Gasteiger partial charge is 0.137 e. The fraction of sp³-hybridized carbons (Fsp3) is 0.571. The number of aryl methyl sites for hydroxylation is 1. The lowest BCUT2D eigenvalue weighted by Crippen LogP contribution is -2.26. The van der Waals surface area contributed by atoms with Crippen molar-refractivity contribution in [2.24, 2.45) is 0 Å². The Bertz CT molecular complexity index is 795. The number of carbonyl (C=O) groups excluding carboxylic acids is 1. The normalized spacial score (nSPS) is 14.1. The standard InChI is InChI=1S/C21H29ClN4O/c1-14(2)23-12-11-21-25-24-20(26(21)17-7-8-17)10-9-18(27)13-16-5-4-6-19(22)15(16)3/h4-6,14,17,23H,7-13H2,1-3H3. The molecule has 0 radical (unpaired) electrons. The van der Waals surface area contributed by atoms with E-state index < -0.39 is 0 Å². The van der Waals surface area contributed by atoms with Gasteiger partial charge < -0.3 is 9.88 Å². The second-order valence-corrected chi connectivity index (χ2v) is 8.14. The summed E-state index contributed by atoms with van der Waals surface area (Å²) in [6.07, 6.45) is 4.81. The Morgan fingerprint density at radius 3 is 2.63 bits per heavy atom. The molecule has 1 aromatic heterocycles. The fourth-order valence-electron chi connectivity index (χ4n) is 3.32. The Labute approximate surface area is 166 Å². The van der Waals surface area contributed by atoms with Gasteiger partial charge in [-0.25, -0.2) is 0 Å². The van der Waals surface area contributed by atoms with E-state index in [2.05, 4.69) is 33.9 Å². The number of hydrogen-bond acceptors (Lipinski definition) is 4. The first-order chi connectivity index (χ1) is 13.0. The second-order valence-electron chi connectivity index (χ2n) is 7.73. The van der Waals surface area contributed by atoms with E-state index in [-0.39, 0.29) is 5.78 Å². The molecule has 5 nitrogen and oxygen atoms in total. The fourth-order valence-corrected chi connectivity index (χ4v) is 3.52. The van der Waals surface area contributed by atoms with E-state index >= 15 is 0 Å². The Hall–Kier alpha value is -1.72. The zero-order valence-corrected chi connectivity index (χ0v) is 17.2. The molecule has 0 amide bonds. The molecule has 1 aliphatic rings. The summed E-state index contributed by atoms with van der Waals surface area (Å²) in [5.41, 5.74) is 2.00. The molecule has 6 heteroatoms. The van der Waals surface area contributed by atoms with Crippen LogP contribution in [0.3, 0.4) is 0 Å².